The number of thioether (sulfide) groups is 1. The zero-order chi connectivity index (χ0) is 9.80. The van der Waals surface area contributed by atoms with Gasteiger partial charge in [0.05, 0.1) is 12.0 Å². The molecule has 3 heteroatoms. The van der Waals surface area contributed by atoms with Gasteiger partial charge >= 0.3 is 0 Å². The van der Waals surface area contributed by atoms with Crippen LogP contribution in [0, 0.1) is 17.2 Å². The second-order valence-electron chi connectivity index (χ2n) is 4.35. The van der Waals surface area contributed by atoms with Crippen LogP contribution in [0.4, 0.5) is 0 Å². The lowest BCUT2D eigenvalue weighted by molar-refractivity contribution is 0.395. The van der Waals surface area contributed by atoms with E-state index in [0.29, 0.717) is 12.1 Å². The van der Waals surface area contributed by atoms with Crippen LogP contribution >= 0.6 is 11.8 Å². The van der Waals surface area contributed by atoms with Crippen LogP contribution in [-0.2, 0) is 0 Å². The van der Waals surface area contributed by atoms with Crippen molar-refractivity contribution in [1.29, 1.82) is 5.26 Å². The summed E-state index contributed by atoms with van der Waals surface area (Å²) in [6.45, 7) is 0. The van der Waals surface area contributed by atoms with Gasteiger partial charge in [0, 0.05) is 17.8 Å². The molecule has 0 aromatic rings. The van der Waals surface area contributed by atoms with Crippen LogP contribution in [0.15, 0.2) is 0 Å². The summed E-state index contributed by atoms with van der Waals surface area (Å²) in [5, 5.41) is 12.6. The molecule has 1 N–H and O–H groups in total. The fourth-order valence-electron chi connectivity index (χ4n) is 2.49. The highest BCUT2D eigenvalue weighted by atomic mass is 32.2. The van der Waals surface area contributed by atoms with Crippen molar-refractivity contribution in [3.8, 4) is 6.07 Å². The number of nitriles is 1. The Bertz CT molecular complexity index is 218. The van der Waals surface area contributed by atoms with Gasteiger partial charge in [0.25, 0.3) is 0 Å². The molecule has 1 saturated carbocycles. The van der Waals surface area contributed by atoms with Gasteiger partial charge in [-0.25, -0.2) is 0 Å². The number of nitrogens with zero attached hydrogens (tertiary/aromatic N) is 1. The predicted octanol–water partition coefficient (Wildman–Crippen LogP) is 2.16. The molecule has 0 amide bonds. The summed E-state index contributed by atoms with van der Waals surface area (Å²) in [6, 6.07) is 3.60. The molecule has 1 saturated heterocycles. The summed E-state index contributed by atoms with van der Waals surface area (Å²) in [5.74, 6) is 2.85. The van der Waals surface area contributed by atoms with Gasteiger partial charge in [-0.3, -0.25) is 0 Å². The monoisotopic (exact) mass is 210 g/mol. The Balaban J connectivity index is 1.81. The van der Waals surface area contributed by atoms with Gasteiger partial charge in [0.1, 0.15) is 0 Å². The van der Waals surface area contributed by atoms with Crippen molar-refractivity contribution in [2.75, 3.05) is 11.5 Å². The topological polar surface area (TPSA) is 35.8 Å². The highest BCUT2D eigenvalue weighted by Gasteiger charge is 2.29. The van der Waals surface area contributed by atoms with Gasteiger partial charge < -0.3 is 5.32 Å². The van der Waals surface area contributed by atoms with Gasteiger partial charge in [0.2, 0.25) is 0 Å². The van der Waals surface area contributed by atoms with Gasteiger partial charge in [-0.15, -0.1) is 0 Å². The maximum absolute atomic E-state index is 8.97. The normalized spacial score (nSPS) is 38.1. The fourth-order valence-corrected chi connectivity index (χ4v) is 3.57. The van der Waals surface area contributed by atoms with Crippen molar-refractivity contribution in [1.82, 2.24) is 5.32 Å². The van der Waals surface area contributed by atoms with E-state index in [9.17, 15) is 0 Å². The number of hydrogen-bond donors (Lipinski definition) is 1. The molecule has 2 aliphatic rings. The van der Waals surface area contributed by atoms with Crippen molar-refractivity contribution in [2.45, 2.75) is 44.2 Å². The first kappa shape index (κ1) is 10.3. The smallest absolute Gasteiger partial charge is 0.0672 e. The minimum absolute atomic E-state index is 0.280. The van der Waals surface area contributed by atoms with E-state index < -0.39 is 0 Å². The van der Waals surface area contributed by atoms with Crippen LogP contribution in [0.2, 0.25) is 0 Å². The SMILES string of the molecule is N#CC1CCCC1NC1CCCSC1. The van der Waals surface area contributed by atoms with Crippen molar-refractivity contribution >= 4 is 11.8 Å². The Hall–Kier alpha value is -0.200. The van der Waals surface area contributed by atoms with Crippen LogP contribution < -0.4 is 5.32 Å². The molecule has 0 bridgehead atoms. The fraction of sp³-hybridized carbons (Fsp3) is 0.909. The van der Waals surface area contributed by atoms with E-state index >= 15 is 0 Å². The molecule has 0 spiro atoms. The molecule has 0 radical (unpaired) electrons. The Morgan fingerprint density at radius 1 is 1.21 bits per heavy atom. The zero-order valence-corrected chi connectivity index (χ0v) is 9.35. The van der Waals surface area contributed by atoms with Gasteiger partial charge in [-0.05, 0) is 31.4 Å². The Morgan fingerprint density at radius 3 is 2.86 bits per heavy atom. The third-order valence-electron chi connectivity index (χ3n) is 3.29. The molecule has 2 fully saturated rings. The summed E-state index contributed by atoms with van der Waals surface area (Å²) >= 11 is 2.05. The van der Waals surface area contributed by atoms with E-state index in [0.717, 1.165) is 6.42 Å². The minimum Gasteiger partial charge on any atom is -0.309 e. The molecule has 3 atom stereocenters. The number of nitrogens with one attached hydrogen (secondary N) is 1. The van der Waals surface area contributed by atoms with E-state index in [4.69, 9.17) is 5.26 Å². The zero-order valence-electron chi connectivity index (χ0n) is 8.54. The van der Waals surface area contributed by atoms with Crippen LogP contribution in [0.25, 0.3) is 0 Å². The van der Waals surface area contributed by atoms with Gasteiger partial charge in [-0.2, -0.15) is 17.0 Å². The van der Waals surface area contributed by atoms with Crippen LogP contribution in [0.1, 0.15) is 32.1 Å². The highest BCUT2D eigenvalue weighted by molar-refractivity contribution is 7.99. The second kappa shape index (κ2) is 5.04. The van der Waals surface area contributed by atoms with E-state index in [-0.39, 0.29) is 5.92 Å². The number of hydrogen-bond acceptors (Lipinski definition) is 3. The third kappa shape index (κ3) is 2.43. The maximum Gasteiger partial charge on any atom is 0.0672 e. The quantitative estimate of drug-likeness (QED) is 0.758. The predicted molar refractivity (Wildman–Crippen MR) is 60.2 cm³/mol. The molecule has 2 rings (SSSR count). The molecule has 1 aliphatic heterocycles. The van der Waals surface area contributed by atoms with Gasteiger partial charge in [0.15, 0.2) is 0 Å². The Morgan fingerprint density at radius 2 is 2.14 bits per heavy atom. The summed E-state index contributed by atoms with van der Waals surface area (Å²) in [6.07, 6.45) is 6.19. The molecule has 78 valence electrons. The first-order valence-electron chi connectivity index (χ1n) is 5.63. The lowest BCUT2D eigenvalue weighted by atomic mass is 10.0. The van der Waals surface area contributed by atoms with Crippen molar-refractivity contribution < 1.29 is 0 Å². The molecular formula is C11H18N2S. The maximum atomic E-state index is 8.97. The first-order chi connectivity index (χ1) is 6.90. The molecule has 0 aromatic heterocycles. The molecule has 1 heterocycles. The average Bonchev–Trinajstić information content (AvgIpc) is 2.67. The minimum atomic E-state index is 0.280. The van der Waals surface area contributed by atoms with E-state index in [1.54, 1.807) is 0 Å². The van der Waals surface area contributed by atoms with Crippen molar-refractivity contribution in [3.05, 3.63) is 0 Å². The van der Waals surface area contributed by atoms with E-state index in [1.165, 1.54) is 37.2 Å². The average molecular weight is 210 g/mol. The van der Waals surface area contributed by atoms with Crippen molar-refractivity contribution in [3.63, 3.8) is 0 Å². The lowest BCUT2D eigenvalue weighted by Gasteiger charge is -2.27. The number of rotatable bonds is 2. The Kier molecular flexibility index (Phi) is 3.72. The summed E-state index contributed by atoms with van der Waals surface area (Å²) in [4.78, 5) is 0. The Labute approximate surface area is 90.4 Å². The van der Waals surface area contributed by atoms with E-state index in [1.807, 2.05) is 11.8 Å². The third-order valence-corrected chi connectivity index (χ3v) is 4.51. The van der Waals surface area contributed by atoms with E-state index in [2.05, 4.69) is 11.4 Å². The van der Waals surface area contributed by atoms with Crippen molar-refractivity contribution in [2.24, 2.45) is 5.92 Å². The first-order valence-corrected chi connectivity index (χ1v) is 6.79. The molecule has 14 heavy (non-hydrogen) atoms. The molecule has 2 nitrogen and oxygen atoms in total. The van der Waals surface area contributed by atoms with Gasteiger partial charge in [-0.1, -0.05) is 6.42 Å². The lowest BCUT2D eigenvalue weighted by Crippen LogP contribution is -2.42. The van der Waals surface area contributed by atoms with Crippen LogP contribution in [0.5, 0.6) is 0 Å². The molecular weight excluding hydrogens is 192 g/mol. The largest absolute Gasteiger partial charge is 0.309 e. The summed E-state index contributed by atoms with van der Waals surface area (Å²) in [5.41, 5.74) is 0. The molecule has 1 aliphatic carbocycles. The standard InChI is InChI=1S/C11H18N2S/c12-7-9-3-1-5-11(9)13-10-4-2-6-14-8-10/h9-11,13H,1-6,8H2. The second-order valence-corrected chi connectivity index (χ2v) is 5.50. The molecule has 0 aromatic carbocycles. The molecule has 3 unspecified atom stereocenters. The summed E-state index contributed by atoms with van der Waals surface area (Å²) in [7, 11) is 0. The van der Waals surface area contributed by atoms with Crippen LogP contribution in [-0.4, -0.2) is 23.6 Å². The van der Waals surface area contributed by atoms with Crippen LogP contribution in [0.3, 0.4) is 0 Å². The summed E-state index contributed by atoms with van der Waals surface area (Å²) < 4.78 is 0. The highest BCUT2D eigenvalue weighted by Crippen LogP contribution is 2.27.